The van der Waals surface area contributed by atoms with Gasteiger partial charge in [0.25, 0.3) is 0 Å². The van der Waals surface area contributed by atoms with E-state index in [0.717, 1.165) is 5.52 Å². The van der Waals surface area contributed by atoms with Gasteiger partial charge in [0.2, 0.25) is 0 Å². The van der Waals surface area contributed by atoms with E-state index in [4.69, 9.17) is 14.5 Å². The fourth-order valence-corrected chi connectivity index (χ4v) is 3.60. The molecule has 0 fully saturated rings. The summed E-state index contributed by atoms with van der Waals surface area (Å²) in [5.41, 5.74) is 4.53. The van der Waals surface area contributed by atoms with Crippen LogP contribution in [0.4, 0.5) is 0 Å². The Labute approximate surface area is 169 Å². The lowest BCUT2D eigenvalue weighted by atomic mass is 9.82. The molecule has 2 aromatic rings. The normalized spacial score (nSPS) is 14.8. The molecule has 7 nitrogen and oxygen atoms in total. The maximum atomic E-state index is 12.9. The molecule has 1 aliphatic heterocycles. The van der Waals surface area contributed by atoms with Crippen LogP contribution in [0.1, 0.15) is 45.0 Å². The highest BCUT2D eigenvalue weighted by molar-refractivity contribution is 6.00. The average molecular weight is 395 g/mol. The molecule has 3 rings (SSSR count). The van der Waals surface area contributed by atoms with Gasteiger partial charge in [-0.15, -0.1) is 0 Å². The van der Waals surface area contributed by atoms with Crippen LogP contribution < -0.4 is 5.32 Å². The van der Waals surface area contributed by atoms with E-state index in [-0.39, 0.29) is 13.2 Å². The Morgan fingerprint density at radius 3 is 1.86 bits per heavy atom. The summed E-state index contributed by atoms with van der Waals surface area (Å²) in [7, 11) is 0. The van der Waals surface area contributed by atoms with Crippen molar-refractivity contribution in [1.82, 2.24) is 15.3 Å². The first kappa shape index (κ1) is 20.5. The highest BCUT2D eigenvalue weighted by Crippen LogP contribution is 2.39. The van der Waals surface area contributed by atoms with E-state index in [9.17, 15) is 9.59 Å². The van der Waals surface area contributed by atoms with Crippen LogP contribution in [0.25, 0.3) is 11.0 Å². The lowest BCUT2D eigenvalue weighted by Gasteiger charge is -2.30. The van der Waals surface area contributed by atoms with Crippen molar-refractivity contribution in [2.75, 3.05) is 13.2 Å². The summed E-state index contributed by atoms with van der Waals surface area (Å²) in [6.45, 7) is 9.33. The molecule has 1 aromatic heterocycles. The first-order chi connectivity index (χ1) is 13.9. The Morgan fingerprint density at radius 2 is 1.38 bits per heavy atom. The lowest BCUT2D eigenvalue weighted by Crippen LogP contribution is -2.33. The van der Waals surface area contributed by atoms with Gasteiger partial charge in [-0.25, -0.2) is 19.6 Å². The minimum atomic E-state index is -0.730. The largest absolute Gasteiger partial charge is 0.463 e. The fraction of sp³-hybridized carbons (Fsp3) is 0.364. The lowest BCUT2D eigenvalue weighted by molar-refractivity contribution is -0.139. The number of dihydropyridines is 1. The monoisotopic (exact) mass is 395 g/mol. The van der Waals surface area contributed by atoms with Gasteiger partial charge in [-0.05, 0) is 46.8 Å². The first-order valence-electron chi connectivity index (χ1n) is 9.65. The molecule has 0 bridgehead atoms. The van der Waals surface area contributed by atoms with Crippen LogP contribution in [-0.2, 0) is 19.1 Å². The van der Waals surface area contributed by atoms with Crippen LogP contribution in [0.5, 0.6) is 0 Å². The molecule has 0 atom stereocenters. The van der Waals surface area contributed by atoms with E-state index in [1.807, 2.05) is 31.2 Å². The fourth-order valence-electron chi connectivity index (χ4n) is 3.60. The predicted octanol–water partition coefficient (Wildman–Crippen LogP) is 3.30. The number of esters is 2. The molecule has 1 aliphatic rings. The number of allylic oxidation sites excluding steroid dienone is 2. The molecule has 0 spiro atoms. The second-order valence-electron chi connectivity index (χ2n) is 6.76. The second kappa shape index (κ2) is 8.43. The molecule has 1 N–H and O–H groups in total. The summed E-state index contributed by atoms with van der Waals surface area (Å²) in [6, 6.07) is 7.50. The van der Waals surface area contributed by atoms with Gasteiger partial charge < -0.3 is 14.8 Å². The average Bonchev–Trinajstić information content (AvgIpc) is 2.67. The van der Waals surface area contributed by atoms with Crippen LogP contribution in [0, 0.1) is 6.92 Å². The maximum absolute atomic E-state index is 12.9. The van der Waals surface area contributed by atoms with Crippen molar-refractivity contribution in [2.24, 2.45) is 0 Å². The van der Waals surface area contributed by atoms with Crippen LogP contribution in [0.15, 0.2) is 46.8 Å². The third-order valence-electron chi connectivity index (χ3n) is 4.81. The molecular formula is C22H25N3O4. The zero-order valence-electron chi connectivity index (χ0n) is 17.3. The number of ether oxygens (including phenoxy) is 2. The summed E-state index contributed by atoms with van der Waals surface area (Å²) in [6.07, 6.45) is 0. The molecule has 1 aromatic carbocycles. The molecule has 0 saturated heterocycles. The first-order valence-corrected chi connectivity index (χ1v) is 9.65. The highest BCUT2D eigenvalue weighted by Gasteiger charge is 2.39. The van der Waals surface area contributed by atoms with Gasteiger partial charge in [-0.2, -0.15) is 0 Å². The van der Waals surface area contributed by atoms with Crippen molar-refractivity contribution in [1.29, 1.82) is 0 Å². The molecular weight excluding hydrogens is 370 g/mol. The van der Waals surface area contributed by atoms with Crippen molar-refractivity contribution in [2.45, 2.75) is 40.5 Å². The van der Waals surface area contributed by atoms with Crippen LogP contribution in [-0.4, -0.2) is 35.1 Å². The third-order valence-corrected chi connectivity index (χ3v) is 4.81. The minimum absolute atomic E-state index is 0.224. The number of nitrogens with one attached hydrogen (secondary N) is 1. The van der Waals surface area contributed by atoms with Crippen molar-refractivity contribution in [3.63, 3.8) is 0 Å². The smallest absolute Gasteiger partial charge is 0.336 e. The van der Waals surface area contributed by atoms with Gasteiger partial charge in [-0.1, -0.05) is 12.1 Å². The molecule has 152 valence electrons. The van der Waals surface area contributed by atoms with Gasteiger partial charge in [0.05, 0.1) is 52.7 Å². The standard InChI is InChI=1S/C22H25N3O4/c1-6-28-21(26)17-12(3)23-13(4)18(22(27)29-7-2)19(17)20-14(5)24-15-10-8-9-11-16(15)25-20/h8-11,19,23H,6-7H2,1-5H3. The SMILES string of the molecule is CCOC(=O)C1=C(C)NC(C)=C(C(=O)OCC)C1c1nc2ccccc2nc1C. The number of carbonyl (C=O) groups excluding carboxylic acids is 2. The second-order valence-corrected chi connectivity index (χ2v) is 6.76. The molecule has 0 aliphatic carbocycles. The van der Waals surface area contributed by atoms with Gasteiger partial charge in [0.1, 0.15) is 0 Å². The summed E-state index contributed by atoms with van der Waals surface area (Å²) in [5.74, 6) is -1.72. The summed E-state index contributed by atoms with van der Waals surface area (Å²) >= 11 is 0. The number of carbonyl (C=O) groups is 2. The molecule has 29 heavy (non-hydrogen) atoms. The Morgan fingerprint density at radius 1 is 0.897 bits per heavy atom. The Hall–Kier alpha value is -3.22. The van der Waals surface area contributed by atoms with Crippen molar-refractivity contribution >= 4 is 23.0 Å². The van der Waals surface area contributed by atoms with Crippen molar-refractivity contribution in [3.05, 3.63) is 58.2 Å². The van der Waals surface area contributed by atoms with Gasteiger partial charge in [-0.3, -0.25) is 0 Å². The number of fused-ring (bicyclic) bond motifs is 1. The number of rotatable bonds is 5. The van der Waals surface area contributed by atoms with Gasteiger partial charge in [0.15, 0.2) is 0 Å². The van der Waals surface area contributed by atoms with Crippen molar-refractivity contribution in [3.8, 4) is 0 Å². The zero-order valence-corrected chi connectivity index (χ0v) is 17.3. The molecule has 0 unspecified atom stereocenters. The Balaban J connectivity index is 2.27. The molecule has 0 radical (unpaired) electrons. The summed E-state index contributed by atoms with van der Waals surface area (Å²) < 4.78 is 10.6. The quantitative estimate of drug-likeness (QED) is 0.777. The van der Waals surface area contributed by atoms with E-state index >= 15 is 0 Å². The molecule has 0 amide bonds. The van der Waals surface area contributed by atoms with Gasteiger partial charge in [0, 0.05) is 11.4 Å². The number of para-hydroxylation sites is 2. The van der Waals surface area contributed by atoms with Crippen LogP contribution in [0.2, 0.25) is 0 Å². The Bertz CT molecular complexity index is 1000. The van der Waals surface area contributed by atoms with Crippen molar-refractivity contribution < 1.29 is 19.1 Å². The third kappa shape index (κ3) is 3.85. The number of aromatic nitrogens is 2. The van der Waals surface area contributed by atoms with E-state index in [1.54, 1.807) is 27.7 Å². The maximum Gasteiger partial charge on any atom is 0.336 e. The van der Waals surface area contributed by atoms with E-state index < -0.39 is 17.9 Å². The summed E-state index contributed by atoms with van der Waals surface area (Å²) in [4.78, 5) is 35.1. The molecule has 2 heterocycles. The topological polar surface area (TPSA) is 90.4 Å². The minimum Gasteiger partial charge on any atom is -0.463 e. The summed E-state index contributed by atoms with van der Waals surface area (Å²) in [5, 5.41) is 3.12. The molecule has 0 saturated carbocycles. The van der Waals surface area contributed by atoms with E-state index in [1.165, 1.54) is 0 Å². The van der Waals surface area contributed by atoms with Crippen LogP contribution in [0.3, 0.4) is 0 Å². The highest BCUT2D eigenvalue weighted by atomic mass is 16.5. The number of hydrogen-bond donors (Lipinski definition) is 1. The number of aryl methyl sites for hydroxylation is 1. The number of hydrogen-bond acceptors (Lipinski definition) is 7. The van der Waals surface area contributed by atoms with E-state index in [0.29, 0.717) is 39.4 Å². The predicted molar refractivity (Wildman–Crippen MR) is 109 cm³/mol. The zero-order chi connectivity index (χ0) is 21.1. The Kier molecular flexibility index (Phi) is 5.96. The van der Waals surface area contributed by atoms with Crippen LogP contribution >= 0.6 is 0 Å². The number of benzene rings is 1. The molecule has 7 heteroatoms. The number of nitrogens with zero attached hydrogens (tertiary/aromatic N) is 2. The van der Waals surface area contributed by atoms with E-state index in [2.05, 4.69) is 10.3 Å². The van der Waals surface area contributed by atoms with Gasteiger partial charge >= 0.3 is 11.9 Å².